The lowest BCUT2D eigenvalue weighted by atomic mass is 10.0. The van der Waals surface area contributed by atoms with Crippen LogP contribution in [0, 0.1) is 5.92 Å². The van der Waals surface area contributed by atoms with Crippen LogP contribution in [0.2, 0.25) is 0 Å². The number of hydrogen-bond donors (Lipinski definition) is 4. The Morgan fingerprint density at radius 2 is 1.78 bits per heavy atom. The van der Waals surface area contributed by atoms with Crippen LogP contribution in [0.3, 0.4) is 0 Å². The topological polar surface area (TPSA) is 137 Å². The summed E-state index contributed by atoms with van der Waals surface area (Å²) in [5.74, 6) is -1.67. The lowest BCUT2D eigenvalue weighted by Gasteiger charge is -2.27. The molecule has 1 heterocycles. The number of carbonyl (C=O) groups excluding carboxylic acids is 4. The Bertz CT molecular complexity index is 801. The molecule has 0 aromatic heterocycles. The van der Waals surface area contributed by atoms with Crippen molar-refractivity contribution in [3.05, 3.63) is 35.9 Å². The summed E-state index contributed by atoms with van der Waals surface area (Å²) in [7, 11) is 0. The Hall–Kier alpha value is -3.14. The highest BCUT2D eigenvalue weighted by atomic mass is 16.6. The van der Waals surface area contributed by atoms with E-state index in [1.165, 1.54) is 17.3 Å². The van der Waals surface area contributed by atoms with Gasteiger partial charge in [0, 0.05) is 6.54 Å². The van der Waals surface area contributed by atoms with Crippen molar-refractivity contribution in [1.82, 2.24) is 21.0 Å². The van der Waals surface area contributed by atoms with Crippen LogP contribution >= 0.6 is 0 Å². The molecule has 1 aromatic rings. The van der Waals surface area contributed by atoms with E-state index in [9.17, 15) is 19.2 Å². The summed E-state index contributed by atoms with van der Waals surface area (Å²) in [5, 5.41) is 13.9. The minimum atomic E-state index is -0.977. The third-order valence-electron chi connectivity index (χ3n) is 5.20. The van der Waals surface area contributed by atoms with E-state index in [4.69, 9.17) is 9.94 Å². The van der Waals surface area contributed by atoms with Crippen LogP contribution in [0.5, 0.6) is 0 Å². The van der Waals surface area contributed by atoms with Crippen LogP contribution in [0.25, 0.3) is 0 Å². The number of hydroxylamine groups is 1. The van der Waals surface area contributed by atoms with Gasteiger partial charge in [-0.1, -0.05) is 44.2 Å². The van der Waals surface area contributed by atoms with Gasteiger partial charge in [-0.2, -0.15) is 0 Å². The fourth-order valence-electron chi connectivity index (χ4n) is 3.51. The predicted molar refractivity (Wildman–Crippen MR) is 115 cm³/mol. The summed E-state index contributed by atoms with van der Waals surface area (Å²) in [4.78, 5) is 51.0. The quantitative estimate of drug-likeness (QED) is 0.332. The van der Waals surface area contributed by atoms with Gasteiger partial charge in [0.15, 0.2) is 0 Å². The van der Waals surface area contributed by atoms with Crippen LogP contribution in [0.15, 0.2) is 30.3 Å². The van der Waals surface area contributed by atoms with Crippen molar-refractivity contribution in [1.29, 1.82) is 0 Å². The van der Waals surface area contributed by atoms with Gasteiger partial charge >= 0.3 is 6.09 Å². The fraction of sp³-hybridized carbons (Fsp3) is 0.545. The first kappa shape index (κ1) is 25.1. The van der Waals surface area contributed by atoms with Crippen LogP contribution < -0.4 is 16.1 Å². The van der Waals surface area contributed by atoms with Gasteiger partial charge in [0.05, 0.1) is 0 Å². The highest BCUT2D eigenvalue weighted by Gasteiger charge is 2.37. The molecule has 0 unspecified atom stereocenters. The molecule has 4 N–H and O–H groups in total. The molecule has 10 nitrogen and oxygen atoms in total. The maximum absolute atomic E-state index is 12.9. The van der Waals surface area contributed by atoms with E-state index in [0.29, 0.717) is 25.8 Å². The molecule has 2 rings (SSSR count). The van der Waals surface area contributed by atoms with E-state index < -0.39 is 41.9 Å². The number of likely N-dealkylation sites (tertiary alicyclic amines) is 1. The number of ether oxygens (including phenoxy) is 1. The van der Waals surface area contributed by atoms with Crippen LogP contribution in [-0.2, 0) is 25.7 Å². The molecule has 0 saturated carbocycles. The highest BCUT2D eigenvalue weighted by molar-refractivity contribution is 5.93. The molecule has 3 atom stereocenters. The average Bonchev–Trinajstić information content (AvgIpc) is 3.27. The van der Waals surface area contributed by atoms with Gasteiger partial charge in [-0.05, 0) is 37.7 Å². The standard InChI is InChI=1S/C22H32N4O6/c1-14(2)12-17(20(28)23-15(3)19(27)25-31)24-21(29)18-10-7-11-26(18)22(30)32-13-16-8-5-4-6-9-16/h4-6,8-9,14-15,17-18,31H,7,10-13H2,1-3H3,(H,23,28)(H,24,29)(H,25,27)/t15-,17-,18+/m1/s1. The molecule has 1 saturated heterocycles. The van der Waals surface area contributed by atoms with Gasteiger partial charge in [-0.15, -0.1) is 0 Å². The van der Waals surface area contributed by atoms with E-state index in [1.807, 2.05) is 44.2 Å². The molecule has 32 heavy (non-hydrogen) atoms. The number of carbonyl (C=O) groups is 4. The highest BCUT2D eigenvalue weighted by Crippen LogP contribution is 2.20. The number of amides is 4. The second kappa shape index (κ2) is 12.0. The molecule has 176 valence electrons. The Morgan fingerprint density at radius 1 is 1.09 bits per heavy atom. The largest absolute Gasteiger partial charge is 0.445 e. The lowest BCUT2D eigenvalue weighted by Crippen LogP contribution is -2.56. The van der Waals surface area contributed by atoms with Crippen molar-refractivity contribution in [2.24, 2.45) is 5.92 Å². The van der Waals surface area contributed by atoms with Crippen LogP contribution in [0.4, 0.5) is 4.79 Å². The molecule has 0 spiro atoms. The van der Waals surface area contributed by atoms with Crippen molar-refractivity contribution < 1.29 is 29.1 Å². The summed E-state index contributed by atoms with van der Waals surface area (Å²) in [6.07, 6.45) is 0.874. The predicted octanol–water partition coefficient (Wildman–Crippen LogP) is 1.33. The van der Waals surface area contributed by atoms with Gasteiger partial charge in [0.1, 0.15) is 24.7 Å². The molecule has 10 heteroatoms. The Kier molecular flexibility index (Phi) is 9.45. The first-order valence-electron chi connectivity index (χ1n) is 10.7. The van der Waals surface area contributed by atoms with Crippen molar-refractivity contribution in [3.8, 4) is 0 Å². The van der Waals surface area contributed by atoms with E-state index in [0.717, 1.165) is 5.56 Å². The van der Waals surface area contributed by atoms with Gasteiger partial charge in [0.25, 0.3) is 5.91 Å². The number of nitrogens with one attached hydrogen (secondary N) is 3. The average molecular weight is 449 g/mol. The third-order valence-corrected chi connectivity index (χ3v) is 5.20. The molecule has 1 aliphatic rings. The van der Waals surface area contributed by atoms with Crippen LogP contribution in [-0.4, -0.2) is 58.6 Å². The zero-order valence-electron chi connectivity index (χ0n) is 18.7. The second-order valence-electron chi connectivity index (χ2n) is 8.29. The lowest BCUT2D eigenvalue weighted by molar-refractivity contribution is -0.136. The molecule has 0 aliphatic carbocycles. The Balaban J connectivity index is 1.99. The Morgan fingerprint density at radius 3 is 2.41 bits per heavy atom. The number of nitrogens with zero attached hydrogens (tertiary/aromatic N) is 1. The summed E-state index contributed by atoms with van der Waals surface area (Å²) in [6.45, 7) is 5.71. The van der Waals surface area contributed by atoms with Gasteiger partial charge in [-0.25, -0.2) is 10.3 Å². The third kappa shape index (κ3) is 7.23. The summed E-state index contributed by atoms with van der Waals surface area (Å²) >= 11 is 0. The molecular weight excluding hydrogens is 416 g/mol. The normalized spacial score (nSPS) is 17.4. The first-order valence-corrected chi connectivity index (χ1v) is 10.7. The zero-order valence-corrected chi connectivity index (χ0v) is 18.7. The van der Waals surface area contributed by atoms with Gasteiger partial charge in [0.2, 0.25) is 11.8 Å². The Labute approximate surface area is 187 Å². The van der Waals surface area contributed by atoms with E-state index >= 15 is 0 Å². The second-order valence-corrected chi connectivity index (χ2v) is 8.29. The van der Waals surface area contributed by atoms with Gasteiger partial charge < -0.3 is 15.4 Å². The van der Waals surface area contributed by atoms with Crippen molar-refractivity contribution in [3.63, 3.8) is 0 Å². The maximum Gasteiger partial charge on any atom is 0.410 e. The fourth-order valence-corrected chi connectivity index (χ4v) is 3.51. The molecule has 1 fully saturated rings. The van der Waals surface area contributed by atoms with E-state index in [1.54, 1.807) is 0 Å². The monoisotopic (exact) mass is 448 g/mol. The van der Waals surface area contributed by atoms with Crippen molar-refractivity contribution >= 4 is 23.8 Å². The molecule has 0 radical (unpaired) electrons. The van der Waals surface area contributed by atoms with Crippen molar-refractivity contribution in [2.45, 2.75) is 64.8 Å². The number of benzene rings is 1. The minimum absolute atomic E-state index is 0.0866. The number of rotatable bonds is 9. The molecule has 0 bridgehead atoms. The first-order chi connectivity index (χ1) is 15.2. The minimum Gasteiger partial charge on any atom is -0.445 e. The maximum atomic E-state index is 12.9. The number of hydrogen-bond acceptors (Lipinski definition) is 6. The van der Waals surface area contributed by atoms with Crippen LogP contribution in [0.1, 0.15) is 45.6 Å². The summed E-state index contributed by atoms with van der Waals surface area (Å²) in [5.41, 5.74) is 2.32. The molecule has 1 aromatic carbocycles. The molecular formula is C22H32N4O6. The summed E-state index contributed by atoms with van der Waals surface area (Å²) in [6, 6.07) is 6.64. The SMILES string of the molecule is CC(C)C[C@@H](NC(=O)[C@@H]1CCCN1C(=O)OCc1ccccc1)C(=O)N[C@H](C)C(=O)NO. The summed E-state index contributed by atoms with van der Waals surface area (Å²) < 4.78 is 5.36. The molecule has 1 aliphatic heterocycles. The molecule has 4 amide bonds. The smallest absolute Gasteiger partial charge is 0.410 e. The van der Waals surface area contributed by atoms with E-state index in [2.05, 4.69) is 10.6 Å². The van der Waals surface area contributed by atoms with E-state index in [-0.39, 0.29) is 12.5 Å². The van der Waals surface area contributed by atoms with Gasteiger partial charge in [-0.3, -0.25) is 24.5 Å². The van der Waals surface area contributed by atoms with Crippen molar-refractivity contribution in [2.75, 3.05) is 6.54 Å². The zero-order chi connectivity index (χ0) is 23.7.